The molecule has 0 aliphatic carbocycles. The van der Waals surface area contributed by atoms with Crippen molar-refractivity contribution in [3.63, 3.8) is 0 Å². The number of aliphatic hydroxyl groups excluding tert-OH is 2. The second-order valence-corrected chi connectivity index (χ2v) is 36.2. The highest BCUT2D eigenvalue weighted by Gasteiger charge is 2.59. The number of H-pyrrole nitrogens is 3. The molecular formula is C63H84N23O40P5. The first kappa shape index (κ1) is 96.3. The lowest BCUT2D eigenvalue weighted by atomic mass is 10.1. The first-order chi connectivity index (χ1) is 62.2. The topological polar surface area (TPSA) is 856 Å². The van der Waals surface area contributed by atoms with E-state index in [1.165, 1.54) is 18.0 Å². The maximum Gasteiger partial charge on any atom is 0.472 e. The highest BCUT2D eigenvalue weighted by molar-refractivity contribution is 7.48. The first-order valence-electron chi connectivity index (χ1n) is 38.2. The van der Waals surface area contributed by atoms with Crippen molar-refractivity contribution < 1.29 is 160 Å². The Labute approximate surface area is 729 Å². The van der Waals surface area contributed by atoms with E-state index in [1.807, 2.05) is 4.98 Å². The lowest BCUT2D eigenvalue weighted by Crippen LogP contribution is -2.40. The highest BCUT2D eigenvalue weighted by atomic mass is 31.2. The summed E-state index contributed by atoms with van der Waals surface area (Å²) in [7, 11) is -22.3. The van der Waals surface area contributed by atoms with Gasteiger partial charge in [-0.3, -0.25) is 102 Å². The average Bonchev–Trinajstić information content (AvgIpc) is 1.61. The normalized spacial score (nSPS) is 31.6. The summed E-state index contributed by atoms with van der Waals surface area (Å²) in [5.74, 6) is -1.48. The van der Waals surface area contributed by atoms with Gasteiger partial charge in [0.2, 0.25) is 11.9 Å². The Morgan fingerprint density at radius 1 is 0.374 bits per heavy atom. The van der Waals surface area contributed by atoms with Crippen molar-refractivity contribution in [1.29, 1.82) is 0 Å². The number of anilines is 5. The molecule has 0 radical (unpaired) electrons. The number of methoxy groups -OCH3 is 6. The molecule has 131 heavy (non-hydrogen) atoms. The molecule has 6 aliphatic rings. The fourth-order valence-corrected chi connectivity index (χ4v) is 20.3. The van der Waals surface area contributed by atoms with Crippen molar-refractivity contribution in [3.8, 4) is 0 Å². The third-order valence-electron chi connectivity index (χ3n) is 21.3. The maximum atomic E-state index is 14.9. The van der Waals surface area contributed by atoms with E-state index in [0.29, 0.717) is 0 Å². The molecule has 6 fully saturated rings. The van der Waals surface area contributed by atoms with Crippen LogP contribution in [-0.2, 0) is 125 Å². The summed E-state index contributed by atoms with van der Waals surface area (Å²) >= 11 is 0. The van der Waals surface area contributed by atoms with Crippen molar-refractivity contribution in [2.45, 2.75) is 147 Å². The zero-order valence-electron chi connectivity index (χ0n) is 68.3. The molecule has 63 nitrogen and oxygen atoms in total. The smallest absolute Gasteiger partial charge is 0.394 e. The number of aromatic amines is 3. The summed E-state index contributed by atoms with van der Waals surface area (Å²) in [5, 5.41) is 21.8. The van der Waals surface area contributed by atoms with Gasteiger partial charge < -0.3 is 120 Å². The minimum atomic E-state index is -5.92. The Balaban J connectivity index is 0.678. The van der Waals surface area contributed by atoms with Crippen LogP contribution in [0, 0.1) is 0 Å². The second kappa shape index (κ2) is 38.6. The molecule has 6 aliphatic heterocycles. The van der Waals surface area contributed by atoms with Crippen LogP contribution in [0.25, 0.3) is 33.5 Å². The predicted molar refractivity (Wildman–Crippen MR) is 427 cm³/mol. The number of nitrogen functional groups attached to an aromatic ring is 5. The van der Waals surface area contributed by atoms with Crippen LogP contribution in [-0.4, -0.2) is 314 Å². The van der Waals surface area contributed by atoms with Gasteiger partial charge in [0.05, 0.1) is 58.6 Å². The molecule has 9 aromatic rings. The van der Waals surface area contributed by atoms with E-state index in [9.17, 15) is 86.3 Å². The fourth-order valence-electron chi connectivity index (χ4n) is 15.5. The number of ether oxygens (including phenoxy) is 12. The number of nitrogens with two attached hydrogens (primary N) is 5. The summed E-state index contributed by atoms with van der Waals surface area (Å²) in [6.45, 7) is -6.87. The van der Waals surface area contributed by atoms with E-state index >= 15 is 0 Å². The van der Waals surface area contributed by atoms with E-state index in [0.717, 1.165) is 114 Å². The molecule has 0 amide bonds. The Morgan fingerprint density at radius 2 is 0.687 bits per heavy atom. The summed E-state index contributed by atoms with van der Waals surface area (Å²) in [6.07, 6.45) is -34.2. The van der Waals surface area contributed by atoms with Gasteiger partial charge in [0, 0.05) is 67.3 Å². The van der Waals surface area contributed by atoms with Gasteiger partial charge in [0.15, 0.2) is 71.2 Å². The number of fused-ring (bicyclic) bond motifs is 3. The van der Waals surface area contributed by atoms with Crippen molar-refractivity contribution in [2.24, 2.45) is 0 Å². The average molecular weight is 1960 g/mol. The second-order valence-electron chi connectivity index (χ2n) is 29.2. The standard InChI is InChI=1S/C63H84N23O40P5/c1-105-41-35(89)24(117-53(41)84-20-71-32-47(66)69-19-70-48(32)84)14-111-127(95,96)123-37-25(118-55(43(37)107-3)81-10-7-29(64)74-61(81)92)15-113-130(101,102)126-40-28(121-58(46(40)110-6)86-22-73-34-50(86)78-60(68)80-52(34)91)18-115-129(99,100)124-38-26(119-56(44(38)108-4)82-11-8-30(65)75-62(82)93)16-114-131(103,104)125-39-27(120-57(45(39)109-5)85-21-72-33-49(85)77-59(67)79-51(33)90)17-112-128(97,98)122-36-23(13-87)116-54(42(36)106-2)83-12-9-31(88)76-63(83)94/h7-12,19-28,35-46,53-58,87,89H,13-18H2,1-6H3,(H,95,96)(H,97,98)(H,99,100)(H,101,102)(H,103,104)(H2,64,74,92)(H2,65,75,93)(H2,66,69,70)(H,76,88,94)(H3,67,77,79,90)(H3,68,78,80,91)/t23-,24-,25-,26-,27-,28-,35-,36-,37-,38-,39-,40-,41-,42-,43-,44-,45-,46-,53-,54-,55-,56-,57-,58-/m1/s1. The number of phosphoric acid groups is 5. The largest absolute Gasteiger partial charge is 0.472 e. The van der Waals surface area contributed by atoms with E-state index in [-0.39, 0.29) is 50.9 Å². The Kier molecular flexibility index (Phi) is 28.3. The monoisotopic (exact) mass is 1960 g/mol. The third kappa shape index (κ3) is 20.0. The Bertz CT molecular complexity index is 6320. The van der Waals surface area contributed by atoms with E-state index in [1.54, 1.807) is 0 Å². The molecule has 716 valence electrons. The predicted octanol–water partition coefficient (Wildman–Crippen LogP) is -5.59. The van der Waals surface area contributed by atoms with Gasteiger partial charge in [-0.1, -0.05) is 0 Å². The molecular weight excluding hydrogens is 1870 g/mol. The molecule has 0 bridgehead atoms. The molecule has 5 unspecified atom stereocenters. The molecule has 20 N–H and O–H groups in total. The lowest BCUT2D eigenvalue weighted by molar-refractivity contribution is -0.0675. The van der Waals surface area contributed by atoms with E-state index in [2.05, 4.69) is 54.8 Å². The lowest BCUT2D eigenvalue weighted by Gasteiger charge is -2.28. The van der Waals surface area contributed by atoms with Crippen molar-refractivity contribution in [1.82, 2.24) is 87.2 Å². The molecule has 15 heterocycles. The fraction of sp³-hybridized carbons (Fsp3) is 0.571. The summed E-state index contributed by atoms with van der Waals surface area (Å²) in [6, 6.07) is 3.23. The zero-order chi connectivity index (χ0) is 94.0. The quantitative estimate of drug-likeness (QED) is 0.0160. The van der Waals surface area contributed by atoms with Crippen LogP contribution in [0.3, 0.4) is 0 Å². The molecule has 15 rings (SSSR count). The Morgan fingerprint density at radius 3 is 1.05 bits per heavy atom. The number of hydrogen-bond acceptors (Lipinski definition) is 49. The third-order valence-corrected chi connectivity index (χ3v) is 26.3. The number of rotatable bonds is 38. The number of nitrogens with one attached hydrogen (secondary N) is 3. The zero-order valence-corrected chi connectivity index (χ0v) is 72.8. The van der Waals surface area contributed by atoms with Gasteiger partial charge in [-0.25, -0.2) is 62.1 Å². The van der Waals surface area contributed by atoms with Gasteiger partial charge >= 0.3 is 56.2 Å². The molecule has 9 aromatic heterocycles. The SMILES string of the molecule is CO[C@@H]1[C@H](OP(=O)(O)OC[C@H]2O[C@@H](n3cnc4c(N)ncnc43)[C@H](OC)[C@@H]2O)[C@@H](COP(=O)(O)O[C@H]2[C@@H](OC)[C@H](n3cnc4c(=O)[nH]c(N)nc43)O[C@@H]2COP(=O)(O)O[C@H]2[C@@H](OC)[C@H](n3ccc(N)nc3=O)O[C@@H]2COP(=O)(O)O[C@H]2[C@@H](OC)[C@H](n3cnc4c(=O)[nH]c(N)nc43)O[C@@H]2COP(=O)(O)O[C@H]2[C@@H](OC)[C@H](n3ccc(=O)[nH]c3=O)O[C@@H]2CO)O[C@H]1n1ccc(N)nc1=O. The van der Waals surface area contributed by atoms with Gasteiger partial charge in [0.25, 0.3) is 16.7 Å². The number of nitrogens with zero attached hydrogens (tertiary/aromatic N) is 15. The summed E-state index contributed by atoms with van der Waals surface area (Å²) < 4.78 is 205. The van der Waals surface area contributed by atoms with Crippen molar-refractivity contribution in [2.75, 3.05) is 111 Å². The summed E-state index contributed by atoms with van der Waals surface area (Å²) in [5.41, 5.74) is 22.7. The van der Waals surface area contributed by atoms with Gasteiger partial charge in [-0.15, -0.1) is 0 Å². The number of imidazole rings is 3. The number of phosphoric ester groups is 5. The molecule has 6 saturated heterocycles. The number of aromatic nitrogens is 18. The molecule has 68 heteroatoms. The van der Waals surface area contributed by atoms with Crippen LogP contribution >= 0.6 is 39.1 Å². The van der Waals surface area contributed by atoms with Crippen LogP contribution in [0.5, 0.6) is 0 Å². The van der Waals surface area contributed by atoms with E-state index < -0.39 is 272 Å². The van der Waals surface area contributed by atoms with Gasteiger partial charge in [-0.2, -0.15) is 19.9 Å². The maximum absolute atomic E-state index is 14.9. The summed E-state index contributed by atoms with van der Waals surface area (Å²) in [4.78, 5) is 180. The molecule has 0 saturated carbocycles. The van der Waals surface area contributed by atoms with Crippen molar-refractivity contribution in [3.05, 3.63) is 125 Å². The van der Waals surface area contributed by atoms with Crippen LogP contribution in [0.4, 0.5) is 29.4 Å². The minimum Gasteiger partial charge on any atom is -0.394 e. The minimum absolute atomic E-state index is 0.00531. The van der Waals surface area contributed by atoms with Crippen LogP contribution in [0.1, 0.15) is 37.4 Å². The number of aliphatic hydroxyl groups is 2. The van der Waals surface area contributed by atoms with Crippen LogP contribution in [0.2, 0.25) is 0 Å². The Hall–Kier alpha value is -9.32. The van der Waals surface area contributed by atoms with Crippen LogP contribution in [0.15, 0.2) is 90.9 Å². The van der Waals surface area contributed by atoms with Gasteiger partial charge in [-0.05, 0) is 12.1 Å². The highest BCUT2D eigenvalue weighted by Crippen LogP contribution is 2.58. The van der Waals surface area contributed by atoms with Crippen molar-refractivity contribution >= 4 is 102 Å². The first-order valence-corrected chi connectivity index (χ1v) is 45.7. The van der Waals surface area contributed by atoms with Crippen LogP contribution < -0.4 is 62.4 Å². The van der Waals surface area contributed by atoms with E-state index in [4.69, 9.17) is 131 Å². The number of hydrogen-bond donors (Lipinski definition) is 15. The molecule has 0 spiro atoms. The molecule has 0 aromatic carbocycles. The molecule has 29 atom stereocenters. The van der Waals surface area contributed by atoms with Gasteiger partial charge in [0.1, 0.15) is 133 Å².